The lowest BCUT2D eigenvalue weighted by Gasteiger charge is -2.24. The zero-order chi connectivity index (χ0) is 12.0. The van der Waals surface area contributed by atoms with Crippen molar-refractivity contribution in [3.05, 3.63) is 35.9 Å². The summed E-state index contributed by atoms with van der Waals surface area (Å²) in [5.41, 5.74) is 0.740. The van der Waals surface area contributed by atoms with Crippen LogP contribution < -0.4 is 5.32 Å². The van der Waals surface area contributed by atoms with Gasteiger partial charge in [0.15, 0.2) is 0 Å². The molecule has 16 heavy (non-hydrogen) atoms. The van der Waals surface area contributed by atoms with Crippen LogP contribution in [0.1, 0.15) is 32.8 Å². The number of benzene rings is 1. The molecule has 1 aromatic carbocycles. The van der Waals surface area contributed by atoms with Gasteiger partial charge in [-0.3, -0.25) is 0 Å². The predicted octanol–water partition coefficient (Wildman–Crippen LogP) is 2.37. The minimum Gasteiger partial charge on any atom is -0.389 e. The second kappa shape index (κ2) is 6.02. The molecule has 2 unspecified atom stereocenters. The molecular formula is C14H23NO. The van der Waals surface area contributed by atoms with Crippen molar-refractivity contribution in [2.24, 2.45) is 0 Å². The molecule has 2 nitrogen and oxygen atoms in total. The monoisotopic (exact) mass is 221 g/mol. The van der Waals surface area contributed by atoms with Crippen molar-refractivity contribution in [1.82, 2.24) is 5.32 Å². The van der Waals surface area contributed by atoms with Crippen LogP contribution in [-0.4, -0.2) is 23.3 Å². The molecular weight excluding hydrogens is 198 g/mol. The fourth-order valence-corrected chi connectivity index (χ4v) is 1.56. The highest BCUT2D eigenvalue weighted by Crippen LogP contribution is 2.08. The number of aliphatic hydroxyl groups is 1. The summed E-state index contributed by atoms with van der Waals surface area (Å²) in [6, 6.07) is 10.8. The lowest BCUT2D eigenvalue weighted by molar-refractivity contribution is 0.0534. The first kappa shape index (κ1) is 13.2. The van der Waals surface area contributed by atoms with Gasteiger partial charge in [-0.1, -0.05) is 37.3 Å². The first-order valence-corrected chi connectivity index (χ1v) is 6.03. The summed E-state index contributed by atoms with van der Waals surface area (Å²) in [7, 11) is 0. The van der Waals surface area contributed by atoms with Crippen LogP contribution in [0.2, 0.25) is 0 Å². The predicted molar refractivity (Wildman–Crippen MR) is 68.5 cm³/mol. The fourth-order valence-electron chi connectivity index (χ4n) is 1.56. The van der Waals surface area contributed by atoms with Crippen LogP contribution in [0.3, 0.4) is 0 Å². The van der Waals surface area contributed by atoms with Crippen molar-refractivity contribution in [2.45, 2.75) is 45.3 Å². The van der Waals surface area contributed by atoms with E-state index in [-0.39, 0.29) is 0 Å². The standard InChI is InChI=1S/C14H23NO/c1-4-14(3,16)11-15-12(2)10-13-8-6-5-7-9-13/h5-9,12,15-16H,4,10-11H2,1-3H3. The lowest BCUT2D eigenvalue weighted by Crippen LogP contribution is -2.41. The SMILES string of the molecule is CCC(C)(O)CNC(C)Cc1ccccc1. The summed E-state index contributed by atoms with van der Waals surface area (Å²) in [5, 5.41) is 13.2. The van der Waals surface area contributed by atoms with Crippen molar-refractivity contribution < 1.29 is 5.11 Å². The van der Waals surface area contributed by atoms with Crippen LogP contribution in [-0.2, 0) is 6.42 Å². The summed E-state index contributed by atoms with van der Waals surface area (Å²) >= 11 is 0. The molecule has 1 rings (SSSR count). The van der Waals surface area contributed by atoms with E-state index >= 15 is 0 Å². The molecule has 90 valence electrons. The molecule has 0 aliphatic heterocycles. The van der Waals surface area contributed by atoms with Crippen LogP contribution in [0, 0.1) is 0 Å². The third kappa shape index (κ3) is 4.77. The summed E-state index contributed by atoms with van der Waals surface area (Å²) in [4.78, 5) is 0. The van der Waals surface area contributed by atoms with Crippen LogP contribution in [0.15, 0.2) is 30.3 Å². The van der Waals surface area contributed by atoms with Crippen molar-refractivity contribution in [3.63, 3.8) is 0 Å². The van der Waals surface area contributed by atoms with E-state index in [1.807, 2.05) is 19.9 Å². The molecule has 0 aromatic heterocycles. The number of nitrogens with one attached hydrogen (secondary N) is 1. The van der Waals surface area contributed by atoms with Crippen LogP contribution in [0.25, 0.3) is 0 Å². The third-order valence-electron chi connectivity index (χ3n) is 2.98. The maximum atomic E-state index is 9.88. The number of hydrogen-bond acceptors (Lipinski definition) is 2. The molecule has 0 fully saturated rings. The first-order chi connectivity index (χ1) is 7.53. The topological polar surface area (TPSA) is 32.3 Å². The molecule has 0 amide bonds. The van der Waals surface area contributed by atoms with Gasteiger partial charge in [0.2, 0.25) is 0 Å². The highest BCUT2D eigenvalue weighted by atomic mass is 16.3. The van der Waals surface area contributed by atoms with E-state index in [1.54, 1.807) is 0 Å². The minimum absolute atomic E-state index is 0.389. The Balaban J connectivity index is 2.34. The molecule has 0 heterocycles. The lowest BCUT2D eigenvalue weighted by atomic mass is 10.0. The molecule has 0 aliphatic rings. The van der Waals surface area contributed by atoms with Crippen LogP contribution in [0.4, 0.5) is 0 Å². The quantitative estimate of drug-likeness (QED) is 0.773. The van der Waals surface area contributed by atoms with Crippen LogP contribution >= 0.6 is 0 Å². The summed E-state index contributed by atoms with van der Waals surface area (Å²) < 4.78 is 0. The second-order valence-corrected chi connectivity index (χ2v) is 4.82. The van der Waals surface area contributed by atoms with E-state index in [0.29, 0.717) is 12.6 Å². The smallest absolute Gasteiger partial charge is 0.0741 e. The molecule has 0 spiro atoms. The molecule has 0 saturated carbocycles. The minimum atomic E-state index is -0.592. The van der Waals surface area contributed by atoms with Crippen LogP contribution in [0.5, 0.6) is 0 Å². The van der Waals surface area contributed by atoms with Gasteiger partial charge < -0.3 is 10.4 Å². The Morgan fingerprint density at radius 2 is 1.94 bits per heavy atom. The van der Waals surface area contributed by atoms with Gasteiger partial charge in [0.1, 0.15) is 0 Å². The highest BCUT2D eigenvalue weighted by Gasteiger charge is 2.17. The van der Waals surface area contributed by atoms with Crippen molar-refractivity contribution >= 4 is 0 Å². The Hall–Kier alpha value is -0.860. The average molecular weight is 221 g/mol. The summed E-state index contributed by atoms with van der Waals surface area (Å²) in [6.45, 7) is 6.68. The van der Waals surface area contributed by atoms with E-state index < -0.39 is 5.60 Å². The van der Waals surface area contributed by atoms with Gasteiger partial charge >= 0.3 is 0 Å². The van der Waals surface area contributed by atoms with E-state index in [9.17, 15) is 5.11 Å². The van der Waals surface area contributed by atoms with Gasteiger partial charge in [0.25, 0.3) is 0 Å². The normalized spacial score (nSPS) is 16.8. The molecule has 0 radical (unpaired) electrons. The van der Waals surface area contributed by atoms with Gasteiger partial charge in [-0.25, -0.2) is 0 Å². The van der Waals surface area contributed by atoms with E-state index in [0.717, 1.165) is 12.8 Å². The van der Waals surface area contributed by atoms with Gasteiger partial charge in [-0.15, -0.1) is 0 Å². The number of rotatable bonds is 6. The van der Waals surface area contributed by atoms with E-state index in [1.165, 1.54) is 5.56 Å². The molecule has 2 N–H and O–H groups in total. The largest absolute Gasteiger partial charge is 0.389 e. The molecule has 2 atom stereocenters. The van der Waals surface area contributed by atoms with Crippen molar-refractivity contribution in [3.8, 4) is 0 Å². The van der Waals surface area contributed by atoms with E-state index in [2.05, 4.69) is 36.5 Å². The summed E-state index contributed by atoms with van der Waals surface area (Å²) in [5.74, 6) is 0. The Morgan fingerprint density at radius 1 is 1.31 bits per heavy atom. The highest BCUT2D eigenvalue weighted by molar-refractivity contribution is 5.15. The van der Waals surface area contributed by atoms with Gasteiger partial charge in [-0.2, -0.15) is 0 Å². The first-order valence-electron chi connectivity index (χ1n) is 6.03. The molecule has 0 bridgehead atoms. The van der Waals surface area contributed by atoms with Crippen molar-refractivity contribution in [1.29, 1.82) is 0 Å². The Labute approximate surface area is 98.7 Å². The van der Waals surface area contributed by atoms with Gasteiger partial charge in [-0.05, 0) is 32.3 Å². The third-order valence-corrected chi connectivity index (χ3v) is 2.98. The molecule has 2 heteroatoms. The molecule has 1 aromatic rings. The number of hydrogen-bond donors (Lipinski definition) is 2. The van der Waals surface area contributed by atoms with Crippen molar-refractivity contribution in [2.75, 3.05) is 6.54 Å². The Morgan fingerprint density at radius 3 is 2.50 bits per heavy atom. The van der Waals surface area contributed by atoms with Gasteiger partial charge in [0.05, 0.1) is 5.60 Å². The van der Waals surface area contributed by atoms with Gasteiger partial charge in [0, 0.05) is 12.6 Å². The Kier molecular flexibility index (Phi) is 4.97. The molecule has 0 saturated heterocycles. The maximum Gasteiger partial charge on any atom is 0.0741 e. The maximum absolute atomic E-state index is 9.88. The zero-order valence-corrected chi connectivity index (χ0v) is 10.5. The fraction of sp³-hybridized carbons (Fsp3) is 0.571. The Bertz CT molecular complexity index is 295. The average Bonchev–Trinajstić information content (AvgIpc) is 2.28. The molecule has 0 aliphatic carbocycles. The summed E-state index contributed by atoms with van der Waals surface area (Å²) in [6.07, 6.45) is 1.78. The van der Waals surface area contributed by atoms with E-state index in [4.69, 9.17) is 0 Å². The second-order valence-electron chi connectivity index (χ2n) is 4.82. The zero-order valence-electron chi connectivity index (χ0n) is 10.5.